The van der Waals surface area contributed by atoms with Gasteiger partial charge in [0.25, 0.3) is 0 Å². The fourth-order valence-corrected chi connectivity index (χ4v) is 4.25. The lowest BCUT2D eigenvalue weighted by Gasteiger charge is -2.38. The summed E-state index contributed by atoms with van der Waals surface area (Å²) in [6, 6.07) is 0.353. The van der Waals surface area contributed by atoms with Crippen LogP contribution in [0.5, 0.6) is 0 Å². The second kappa shape index (κ2) is 9.07. The van der Waals surface area contributed by atoms with Gasteiger partial charge in [-0.25, -0.2) is 4.79 Å². The van der Waals surface area contributed by atoms with Gasteiger partial charge < -0.3 is 14.5 Å². The van der Waals surface area contributed by atoms with Gasteiger partial charge in [-0.1, -0.05) is 37.8 Å². The number of hydrogen-bond acceptors (Lipinski definition) is 5. The Morgan fingerprint density at radius 1 is 1.36 bits per heavy atom. The summed E-state index contributed by atoms with van der Waals surface area (Å²) in [7, 11) is 3.77. The zero-order valence-electron chi connectivity index (χ0n) is 15.6. The Kier molecular flexibility index (Phi) is 7.37. The molecule has 0 aromatic carbocycles. The van der Waals surface area contributed by atoms with Gasteiger partial charge in [0.15, 0.2) is 0 Å². The average Bonchev–Trinajstić information content (AvgIpc) is 2.92. The van der Waals surface area contributed by atoms with Gasteiger partial charge in [-0.15, -0.1) is 0 Å². The fraction of sp³-hybridized carbons (Fsp3) is 0.824. The van der Waals surface area contributed by atoms with Crippen molar-refractivity contribution in [2.24, 2.45) is 5.92 Å². The van der Waals surface area contributed by atoms with E-state index in [1.807, 2.05) is 28.8 Å². The van der Waals surface area contributed by atoms with Crippen molar-refractivity contribution in [1.29, 1.82) is 0 Å². The van der Waals surface area contributed by atoms with Crippen LogP contribution in [0.25, 0.3) is 0 Å². The summed E-state index contributed by atoms with van der Waals surface area (Å²) in [5.41, 5.74) is 0. The van der Waals surface area contributed by atoms with Crippen molar-refractivity contribution in [3.63, 3.8) is 0 Å². The quantitative estimate of drug-likeness (QED) is 0.676. The molecule has 2 heterocycles. The van der Waals surface area contributed by atoms with Gasteiger partial charge in [0.05, 0.1) is 11.8 Å². The van der Waals surface area contributed by atoms with Gasteiger partial charge in [0.1, 0.15) is 10.9 Å². The first-order valence-electron chi connectivity index (χ1n) is 8.86. The van der Waals surface area contributed by atoms with E-state index < -0.39 is 0 Å². The number of amides is 2. The monoisotopic (exact) mass is 387 g/mol. The number of hydrogen-bond donors (Lipinski definition) is 0. The molecule has 0 aliphatic carbocycles. The first-order chi connectivity index (χ1) is 11.8. The maximum atomic E-state index is 12.3. The minimum absolute atomic E-state index is 0.121. The maximum absolute atomic E-state index is 12.3. The molecule has 0 aromatic rings. The fourth-order valence-electron chi connectivity index (χ4n) is 3.38. The normalized spacial score (nSPS) is 21.6. The van der Waals surface area contributed by atoms with Crippen LogP contribution in [0.4, 0.5) is 4.79 Å². The largest absolute Gasteiger partial charge is 0.447 e. The molecule has 0 bridgehead atoms. The van der Waals surface area contributed by atoms with E-state index in [0.717, 1.165) is 23.6 Å². The van der Waals surface area contributed by atoms with E-state index in [9.17, 15) is 9.59 Å². The number of ether oxygens (including phenoxy) is 1. The van der Waals surface area contributed by atoms with Gasteiger partial charge in [-0.2, -0.15) is 0 Å². The molecule has 0 saturated carbocycles. The summed E-state index contributed by atoms with van der Waals surface area (Å²) in [5.74, 6) is 1.03. The standard InChI is InChI=1S/C17H29N3O3S2/c1-12(2)9-14-10-23-16(22)20(14)13-5-7-19(8-6-13)15(21)11-25-17(24)18(3)4/h12-14H,5-11H2,1-4H3. The molecule has 2 saturated heterocycles. The minimum atomic E-state index is -0.192. The lowest BCUT2D eigenvalue weighted by Crippen LogP contribution is -2.50. The molecule has 0 N–H and O–H groups in total. The van der Waals surface area contributed by atoms with Crippen molar-refractivity contribution in [3.05, 3.63) is 0 Å². The summed E-state index contributed by atoms with van der Waals surface area (Å²) in [5, 5.41) is 0. The summed E-state index contributed by atoms with van der Waals surface area (Å²) in [6.07, 6.45) is 2.40. The summed E-state index contributed by atoms with van der Waals surface area (Å²) < 4.78 is 6.00. The molecule has 2 fully saturated rings. The minimum Gasteiger partial charge on any atom is -0.447 e. The molecule has 142 valence electrons. The molecule has 0 radical (unpaired) electrons. The van der Waals surface area contributed by atoms with E-state index in [1.165, 1.54) is 11.8 Å². The maximum Gasteiger partial charge on any atom is 0.410 e. The average molecular weight is 388 g/mol. The van der Waals surface area contributed by atoms with Crippen LogP contribution in [0.1, 0.15) is 33.1 Å². The highest BCUT2D eigenvalue weighted by molar-refractivity contribution is 8.23. The summed E-state index contributed by atoms with van der Waals surface area (Å²) >= 11 is 6.61. The van der Waals surface area contributed by atoms with E-state index in [0.29, 0.717) is 31.4 Å². The SMILES string of the molecule is CC(C)CC1COC(=O)N1C1CCN(C(=O)CSC(=S)N(C)C)CC1. The van der Waals surface area contributed by atoms with Gasteiger partial charge in [-0.3, -0.25) is 9.69 Å². The molecule has 2 amide bonds. The number of nitrogens with zero attached hydrogens (tertiary/aromatic N) is 3. The molecule has 2 aliphatic rings. The second-order valence-electron chi connectivity index (χ2n) is 7.33. The molecule has 2 rings (SSSR count). The lowest BCUT2D eigenvalue weighted by atomic mass is 9.98. The first-order valence-corrected chi connectivity index (χ1v) is 10.3. The molecule has 8 heteroatoms. The van der Waals surface area contributed by atoms with Gasteiger partial charge in [0.2, 0.25) is 5.91 Å². The molecule has 0 aromatic heterocycles. The van der Waals surface area contributed by atoms with Crippen LogP contribution < -0.4 is 0 Å². The Labute approximate surface area is 160 Å². The molecule has 6 nitrogen and oxygen atoms in total. The second-order valence-corrected chi connectivity index (χ2v) is 8.94. The van der Waals surface area contributed by atoms with Crippen molar-refractivity contribution in [3.8, 4) is 0 Å². The number of likely N-dealkylation sites (tertiary alicyclic amines) is 1. The number of carbonyl (C=O) groups is 2. The van der Waals surface area contributed by atoms with Crippen LogP contribution in [0.15, 0.2) is 0 Å². The Balaban J connectivity index is 1.83. The highest BCUT2D eigenvalue weighted by Crippen LogP contribution is 2.27. The van der Waals surface area contributed by atoms with Gasteiger partial charge >= 0.3 is 6.09 Å². The predicted octanol–water partition coefficient (Wildman–Crippen LogP) is 2.42. The number of cyclic esters (lactones) is 1. The molecular formula is C17H29N3O3S2. The first kappa shape index (κ1) is 20.3. The third kappa shape index (κ3) is 5.48. The van der Waals surface area contributed by atoms with Gasteiger partial charge in [-0.05, 0) is 25.2 Å². The van der Waals surface area contributed by atoms with E-state index in [4.69, 9.17) is 17.0 Å². The molecule has 1 unspecified atom stereocenters. The smallest absolute Gasteiger partial charge is 0.410 e. The Morgan fingerprint density at radius 2 is 2.00 bits per heavy atom. The van der Waals surface area contributed by atoms with Crippen molar-refractivity contribution < 1.29 is 14.3 Å². The third-order valence-corrected chi connectivity index (χ3v) is 6.36. The van der Waals surface area contributed by atoms with Crippen LogP contribution in [0, 0.1) is 5.92 Å². The van der Waals surface area contributed by atoms with E-state index >= 15 is 0 Å². The van der Waals surface area contributed by atoms with Crippen LogP contribution in [-0.2, 0) is 9.53 Å². The van der Waals surface area contributed by atoms with Crippen molar-refractivity contribution in [2.45, 2.75) is 45.2 Å². The highest BCUT2D eigenvalue weighted by Gasteiger charge is 2.39. The van der Waals surface area contributed by atoms with E-state index in [2.05, 4.69) is 13.8 Å². The highest BCUT2D eigenvalue weighted by atomic mass is 32.2. The van der Waals surface area contributed by atoms with Crippen LogP contribution in [-0.4, -0.2) is 82.6 Å². The van der Waals surface area contributed by atoms with Crippen molar-refractivity contribution in [1.82, 2.24) is 14.7 Å². The van der Waals surface area contributed by atoms with Crippen molar-refractivity contribution >= 4 is 40.3 Å². The number of carbonyl (C=O) groups excluding carboxylic acids is 2. The molecule has 25 heavy (non-hydrogen) atoms. The number of rotatable bonds is 5. The molecular weight excluding hydrogens is 358 g/mol. The lowest BCUT2D eigenvalue weighted by molar-refractivity contribution is -0.129. The Bertz CT molecular complexity index is 505. The van der Waals surface area contributed by atoms with E-state index in [-0.39, 0.29) is 24.1 Å². The summed E-state index contributed by atoms with van der Waals surface area (Å²) in [6.45, 7) is 6.21. The number of piperidine rings is 1. The molecule has 1 atom stereocenters. The topological polar surface area (TPSA) is 53.1 Å². The molecule has 2 aliphatic heterocycles. The number of thiocarbonyl (C=S) groups is 1. The van der Waals surface area contributed by atoms with Crippen LogP contribution in [0.3, 0.4) is 0 Å². The Morgan fingerprint density at radius 3 is 2.56 bits per heavy atom. The third-order valence-electron chi connectivity index (χ3n) is 4.64. The molecule has 0 spiro atoms. The predicted molar refractivity (Wildman–Crippen MR) is 105 cm³/mol. The zero-order valence-corrected chi connectivity index (χ0v) is 17.2. The number of thioether (sulfide) groups is 1. The summed E-state index contributed by atoms with van der Waals surface area (Å²) in [4.78, 5) is 30.1. The van der Waals surface area contributed by atoms with Gasteiger partial charge in [0, 0.05) is 33.2 Å². The van der Waals surface area contributed by atoms with E-state index in [1.54, 1.807) is 0 Å². The van der Waals surface area contributed by atoms with Crippen LogP contribution >= 0.6 is 24.0 Å². The van der Waals surface area contributed by atoms with Crippen LogP contribution in [0.2, 0.25) is 0 Å². The zero-order chi connectivity index (χ0) is 18.6. The Hall–Kier alpha value is -1.02. The van der Waals surface area contributed by atoms with Crippen molar-refractivity contribution in [2.75, 3.05) is 39.5 Å².